The van der Waals surface area contributed by atoms with Gasteiger partial charge in [0.15, 0.2) is 0 Å². The summed E-state index contributed by atoms with van der Waals surface area (Å²) in [7, 11) is -6.77. The highest BCUT2D eigenvalue weighted by molar-refractivity contribution is 7.90. The van der Waals surface area contributed by atoms with Gasteiger partial charge in [-0.15, -0.1) is 0 Å². The van der Waals surface area contributed by atoms with E-state index in [-0.39, 0.29) is 36.9 Å². The van der Waals surface area contributed by atoms with Crippen molar-refractivity contribution in [2.24, 2.45) is 0 Å². The van der Waals surface area contributed by atoms with Gasteiger partial charge in [0, 0.05) is 19.2 Å². The predicted molar refractivity (Wildman–Crippen MR) is 73.5 cm³/mol. The average Bonchev–Trinajstić information content (AvgIpc) is 2.20. The molecule has 0 saturated heterocycles. The molecule has 1 N–H and O–H groups in total. The van der Waals surface area contributed by atoms with Gasteiger partial charge in [0.1, 0.15) is 15.7 Å². The molecule has 0 atom stereocenters. The number of nitrogens with zero attached hydrogens (tertiary/aromatic N) is 1. The van der Waals surface area contributed by atoms with Crippen molar-refractivity contribution in [3.63, 3.8) is 0 Å². The van der Waals surface area contributed by atoms with Crippen molar-refractivity contribution in [3.05, 3.63) is 12.4 Å². The molecule has 0 heterocycles. The lowest BCUT2D eigenvalue weighted by atomic mass is 10.4. The minimum Gasteiger partial charge on any atom is -0.312 e. The highest BCUT2D eigenvalue weighted by Crippen LogP contribution is 2.07. The minimum atomic E-state index is -3.61. The Morgan fingerprint density at radius 2 is 1.74 bits per heavy atom. The molecule has 7 nitrogen and oxygen atoms in total. The standard InChI is InChI=1S/C10H20N2O5S2/c1-5-10(13)11-9(2)12(19(4,16)17)7-6-8-18(3,14)15/h2,5-8H2,1,3-4H3,(H,11,13). The van der Waals surface area contributed by atoms with Gasteiger partial charge < -0.3 is 5.32 Å². The summed E-state index contributed by atoms with van der Waals surface area (Å²) in [5, 5.41) is 2.35. The summed E-state index contributed by atoms with van der Waals surface area (Å²) in [6.45, 7) is 5.07. The number of hydrogen-bond donors (Lipinski definition) is 1. The monoisotopic (exact) mass is 312 g/mol. The van der Waals surface area contributed by atoms with E-state index in [4.69, 9.17) is 0 Å². The van der Waals surface area contributed by atoms with Crippen LogP contribution in [0.15, 0.2) is 12.4 Å². The van der Waals surface area contributed by atoms with Crippen LogP contribution in [0.5, 0.6) is 0 Å². The first kappa shape index (κ1) is 17.9. The number of carbonyl (C=O) groups excluding carboxylic acids is 1. The summed E-state index contributed by atoms with van der Waals surface area (Å²) in [6.07, 6.45) is 2.37. The van der Waals surface area contributed by atoms with Crippen LogP contribution < -0.4 is 5.32 Å². The van der Waals surface area contributed by atoms with Crippen LogP contribution in [-0.4, -0.2) is 51.9 Å². The quantitative estimate of drug-likeness (QED) is 0.662. The summed E-state index contributed by atoms with van der Waals surface area (Å²) in [6, 6.07) is 0. The molecule has 0 aromatic carbocycles. The maximum atomic E-state index is 11.6. The molecule has 0 rings (SSSR count). The molecular formula is C10H20N2O5S2. The first-order valence-electron chi connectivity index (χ1n) is 5.61. The van der Waals surface area contributed by atoms with Crippen LogP contribution in [0.25, 0.3) is 0 Å². The largest absolute Gasteiger partial charge is 0.312 e. The van der Waals surface area contributed by atoms with Gasteiger partial charge in [-0.3, -0.25) is 9.10 Å². The van der Waals surface area contributed by atoms with Gasteiger partial charge in [-0.2, -0.15) is 0 Å². The third-order valence-corrected chi connectivity index (χ3v) is 4.42. The zero-order valence-electron chi connectivity index (χ0n) is 11.3. The second-order valence-corrected chi connectivity index (χ2v) is 8.33. The highest BCUT2D eigenvalue weighted by Gasteiger charge is 2.19. The number of sulfone groups is 1. The van der Waals surface area contributed by atoms with E-state index in [2.05, 4.69) is 11.9 Å². The summed E-state index contributed by atoms with van der Waals surface area (Å²) < 4.78 is 46.0. The predicted octanol–water partition coefficient (Wildman–Crippen LogP) is -0.320. The normalized spacial score (nSPS) is 11.9. The van der Waals surface area contributed by atoms with E-state index < -0.39 is 19.9 Å². The fourth-order valence-corrected chi connectivity index (χ4v) is 2.84. The third kappa shape index (κ3) is 7.83. The summed E-state index contributed by atoms with van der Waals surface area (Å²) in [5.74, 6) is -0.557. The van der Waals surface area contributed by atoms with Crippen molar-refractivity contribution in [2.45, 2.75) is 19.8 Å². The van der Waals surface area contributed by atoms with Gasteiger partial charge in [-0.05, 0) is 6.42 Å². The Morgan fingerprint density at radius 1 is 1.21 bits per heavy atom. The zero-order valence-corrected chi connectivity index (χ0v) is 13.0. The molecule has 19 heavy (non-hydrogen) atoms. The highest BCUT2D eigenvalue weighted by atomic mass is 32.2. The van der Waals surface area contributed by atoms with Crippen molar-refractivity contribution in [2.75, 3.05) is 24.8 Å². The van der Waals surface area contributed by atoms with Gasteiger partial charge in [0.25, 0.3) is 0 Å². The van der Waals surface area contributed by atoms with Crippen LogP contribution in [0.3, 0.4) is 0 Å². The number of sulfonamides is 1. The fourth-order valence-electron chi connectivity index (χ4n) is 1.28. The molecule has 0 saturated carbocycles. The van der Waals surface area contributed by atoms with Crippen molar-refractivity contribution in [3.8, 4) is 0 Å². The number of hydrogen-bond acceptors (Lipinski definition) is 5. The van der Waals surface area contributed by atoms with Crippen LogP contribution in [0.2, 0.25) is 0 Å². The Bertz CT molecular complexity index is 536. The summed E-state index contributed by atoms with van der Waals surface area (Å²) in [5.41, 5.74) is 0. The molecule has 0 aliphatic carbocycles. The molecule has 0 bridgehead atoms. The maximum Gasteiger partial charge on any atom is 0.233 e. The first-order valence-corrected chi connectivity index (χ1v) is 9.52. The van der Waals surface area contributed by atoms with Crippen LogP contribution in [0, 0.1) is 0 Å². The number of amides is 1. The minimum absolute atomic E-state index is 0.0469. The van der Waals surface area contributed by atoms with Gasteiger partial charge in [-0.1, -0.05) is 13.5 Å². The average molecular weight is 312 g/mol. The van der Waals surface area contributed by atoms with Gasteiger partial charge >= 0.3 is 0 Å². The molecule has 1 amide bonds. The van der Waals surface area contributed by atoms with Crippen LogP contribution in [0.4, 0.5) is 0 Å². The topological polar surface area (TPSA) is 101 Å². The van der Waals surface area contributed by atoms with E-state index in [0.717, 1.165) is 16.8 Å². The van der Waals surface area contributed by atoms with E-state index in [0.29, 0.717) is 0 Å². The van der Waals surface area contributed by atoms with Crippen molar-refractivity contribution in [1.82, 2.24) is 9.62 Å². The Morgan fingerprint density at radius 3 is 2.11 bits per heavy atom. The second kappa shape index (κ2) is 6.90. The van der Waals surface area contributed by atoms with Crippen LogP contribution in [0.1, 0.15) is 19.8 Å². The molecular weight excluding hydrogens is 292 g/mol. The number of rotatable bonds is 8. The molecule has 0 unspecified atom stereocenters. The lowest BCUT2D eigenvalue weighted by Gasteiger charge is -2.24. The van der Waals surface area contributed by atoms with Crippen molar-refractivity contribution >= 4 is 25.8 Å². The van der Waals surface area contributed by atoms with E-state index in [9.17, 15) is 21.6 Å². The Labute approximate surface area is 114 Å². The third-order valence-electron chi connectivity index (χ3n) is 2.18. The first-order chi connectivity index (χ1) is 8.47. The molecule has 0 aliphatic heterocycles. The molecule has 112 valence electrons. The smallest absolute Gasteiger partial charge is 0.233 e. The van der Waals surface area contributed by atoms with E-state index >= 15 is 0 Å². The molecule has 0 radical (unpaired) electrons. The molecule has 0 aromatic heterocycles. The Hall–Kier alpha value is -1.09. The van der Waals surface area contributed by atoms with Crippen LogP contribution >= 0.6 is 0 Å². The Kier molecular flexibility index (Phi) is 6.50. The number of nitrogens with one attached hydrogen (secondary N) is 1. The van der Waals surface area contributed by atoms with Gasteiger partial charge in [0.2, 0.25) is 15.9 Å². The zero-order chi connectivity index (χ0) is 15.3. The second-order valence-electron chi connectivity index (χ2n) is 4.17. The number of carbonyl (C=O) groups is 1. The molecule has 0 aliphatic rings. The van der Waals surface area contributed by atoms with E-state index in [1.165, 1.54) is 0 Å². The summed E-state index contributed by atoms with van der Waals surface area (Å²) in [4.78, 5) is 11.2. The van der Waals surface area contributed by atoms with E-state index in [1.807, 2.05) is 0 Å². The van der Waals surface area contributed by atoms with Gasteiger partial charge in [0.05, 0.1) is 12.0 Å². The molecule has 0 spiro atoms. The van der Waals surface area contributed by atoms with Crippen molar-refractivity contribution in [1.29, 1.82) is 0 Å². The lowest BCUT2D eigenvalue weighted by Crippen LogP contribution is -2.38. The maximum absolute atomic E-state index is 11.6. The molecule has 9 heteroatoms. The fraction of sp³-hybridized carbons (Fsp3) is 0.700. The lowest BCUT2D eigenvalue weighted by molar-refractivity contribution is -0.120. The summed E-state index contributed by atoms with van der Waals surface area (Å²) >= 11 is 0. The molecule has 0 aromatic rings. The van der Waals surface area contributed by atoms with Gasteiger partial charge in [-0.25, -0.2) is 16.8 Å². The van der Waals surface area contributed by atoms with Crippen molar-refractivity contribution < 1.29 is 21.6 Å². The Balaban J connectivity index is 4.76. The SMILES string of the molecule is C=C(NC(=O)CC)N(CCCS(C)(=O)=O)S(C)(=O)=O. The van der Waals surface area contributed by atoms with Crippen LogP contribution in [-0.2, 0) is 24.7 Å². The molecule has 0 fully saturated rings. The van der Waals surface area contributed by atoms with E-state index in [1.54, 1.807) is 6.92 Å².